The normalized spacial score (nSPS) is 14.8. The Hall–Kier alpha value is -0.510. The van der Waals surface area contributed by atoms with Crippen molar-refractivity contribution in [2.75, 3.05) is 6.61 Å². The van der Waals surface area contributed by atoms with Crippen LogP contribution in [0.5, 0.6) is 5.75 Å². The first-order valence-electron chi connectivity index (χ1n) is 6.41. The monoisotopic (exact) mass is 414 g/mol. The van der Waals surface area contributed by atoms with E-state index in [1.54, 1.807) is 0 Å². The Labute approximate surface area is 140 Å². The van der Waals surface area contributed by atoms with Gasteiger partial charge in [0.05, 0.1) is 11.4 Å². The average molecular weight is 417 g/mol. The van der Waals surface area contributed by atoms with Gasteiger partial charge in [0.15, 0.2) is 0 Å². The largest absolute Gasteiger partial charge is 0.493 e. The number of fused-ring (bicyclic) bond motifs is 1. The molecular weight excluding hydrogens is 403 g/mol. The lowest BCUT2D eigenvalue weighted by atomic mass is 10.00. The van der Waals surface area contributed by atoms with Gasteiger partial charge in [0.25, 0.3) is 0 Å². The molecule has 2 aromatic carbocycles. The SMILES string of the molecule is Cc1ccc(C(Br)c2cc(Cl)cc3c2OCC3)c(Br)c1. The maximum absolute atomic E-state index is 6.24. The molecule has 104 valence electrons. The molecule has 1 aliphatic heterocycles. The maximum atomic E-state index is 6.24. The highest BCUT2D eigenvalue weighted by Crippen LogP contribution is 2.44. The fourth-order valence-electron chi connectivity index (χ4n) is 2.49. The number of aryl methyl sites for hydroxylation is 1. The molecule has 1 unspecified atom stereocenters. The van der Waals surface area contributed by atoms with Gasteiger partial charge in [0.2, 0.25) is 0 Å². The molecule has 0 bridgehead atoms. The van der Waals surface area contributed by atoms with Crippen LogP contribution < -0.4 is 4.74 Å². The van der Waals surface area contributed by atoms with Crippen LogP contribution in [-0.2, 0) is 6.42 Å². The summed E-state index contributed by atoms with van der Waals surface area (Å²) in [6.45, 7) is 2.81. The molecule has 1 heterocycles. The Bertz CT molecular complexity index is 670. The molecule has 0 aromatic heterocycles. The predicted octanol–water partition coefficient (Wildman–Crippen LogP) is 5.83. The number of hydrogen-bond donors (Lipinski definition) is 0. The molecule has 0 saturated heterocycles. The maximum Gasteiger partial charge on any atom is 0.127 e. The van der Waals surface area contributed by atoms with Crippen LogP contribution in [0, 0.1) is 6.92 Å². The molecule has 0 saturated carbocycles. The minimum Gasteiger partial charge on any atom is -0.493 e. The average Bonchev–Trinajstić information content (AvgIpc) is 2.85. The van der Waals surface area contributed by atoms with Gasteiger partial charge in [-0.05, 0) is 41.8 Å². The zero-order chi connectivity index (χ0) is 14.3. The summed E-state index contributed by atoms with van der Waals surface area (Å²) in [6, 6.07) is 10.3. The summed E-state index contributed by atoms with van der Waals surface area (Å²) in [5, 5.41) is 0.761. The highest BCUT2D eigenvalue weighted by atomic mass is 79.9. The van der Waals surface area contributed by atoms with Gasteiger partial charge in [0, 0.05) is 21.5 Å². The molecule has 0 N–H and O–H groups in total. The van der Waals surface area contributed by atoms with E-state index in [1.165, 1.54) is 16.7 Å². The van der Waals surface area contributed by atoms with E-state index in [4.69, 9.17) is 16.3 Å². The molecule has 2 aromatic rings. The van der Waals surface area contributed by atoms with Crippen molar-refractivity contribution >= 4 is 43.5 Å². The van der Waals surface area contributed by atoms with Crippen molar-refractivity contribution in [2.24, 2.45) is 0 Å². The van der Waals surface area contributed by atoms with Crippen LogP contribution in [0.4, 0.5) is 0 Å². The van der Waals surface area contributed by atoms with Crippen molar-refractivity contribution in [3.63, 3.8) is 0 Å². The van der Waals surface area contributed by atoms with Crippen molar-refractivity contribution in [1.82, 2.24) is 0 Å². The smallest absolute Gasteiger partial charge is 0.127 e. The van der Waals surface area contributed by atoms with E-state index >= 15 is 0 Å². The van der Waals surface area contributed by atoms with Gasteiger partial charge in [-0.3, -0.25) is 0 Å². The summed E-state index contributed by atoms with van der Waals surface area (Å²) < 4.78 is 6.88. The van der Waals surface area contributed by atoms with E-state index in [0.29, 0.717) is 0 Å². The molecule has 20 heavy (non-hydrogen) atoms. The third-order valence-corrected chi connectivity index (χ3v) is 5.37. The van der Waals surface area contributed by atoms with Crippen LogP contribution in [0.2, 0.25) is 5.02 Å². The fraction of sp³-hybridized carbons (Fsp3) is 0.250. The van der Waals surface area contributed by atoms with Gasteiger partial charge in [-0.15, -0.1) is 0 Å². The molecule has 0 amide bonds. The lowest BCUT2D eigenvalue weighted by Gasteiger charge is -2.17. The first kappa shape index (κ1) is 14.4. The van der Waals surface area contributed by atoms with Crippen LogP contribution in [0.15, 0.2) is 34.8 Å². The van der Waals surface area contributed by atoms with Crippen molar-refractivity contribution in [2.45, 2.75) is 18.2 Å². The molecular formula is C16H13Br2ClO. The van der Waals surface area contributed by atoms with Gasteiger partial charge in [-0.25, -0.2) is 0 Å². The highest BCUT2D eigenvalue weighted by Gasteiger charge is 2.24. The number of hydrogen-bond acceptors (Lipinski definition) is 1. The second-order valence-electron chi connectivity index (χ2n) is 4.97. The minimum absolute atomic E-state index is 0.0584. The lowest BCUT2D eigenvalue weighted by molar-refractivity contribution is 0.354. The van der Waals surface area contributed by atoms with E-state index in [1.807, 2.05) is 12.1 Å². The molecule has 1 atom stereocenters. The zero-order valence-corrected chi connectivity index (χ0v) is 14.8. The standard InChI is InChI=1S/C16H13Br2ClO/c1-9-2-3-12(14(17)6-9)15(18)13-8-11(19)7-10-4-5-20-16(10)13/h2-3,6-8,15H,4-5H2,1H3. The van der Waals surface area contributed by atoms with Crippen molar-refractivity contribution < 1.29 is 4.74 Å². The number of rotatable bonds is 2. The molecule has 0 spiro atoms. The van der Waals surface area contributed by atoms with E-state index < -0.39 is 0 Å². The van der Waals surface area contributed by atoms with Crippen LogP contribution in [0.3, 0.4) is 0 Å². The fourth-order valence-corrected chi connectivity index (χ4v) is 4.51. The second-order valence-corrected chi connectivity index (χ2v) is 7.18. The Morgan fingerprint density at radius 2 is 2.00 bits per heavy atom. The molecule has 1 aliphatic rings. The van der Waals surface area contributed by atoms with Crippen molar-refractivity contribution in [3.8, 4) is 5.75 Å². The summed E-state index contributed by atoms with van der Waals surface area (Å²) in [5.41, 5.74) is 4.69. The Morgan fingerprint density at radius 3 is 2.75 bits per heavy atom. The summed E-state index contributed by atoms with van der Waals surface area (Å²) in [7, 11) is 0. The molecule has 1 nitrogen and oxygen atoms in total. The van der Waals surface area contributed by atoms with Gasteiger partial charge < -0.3 is 4.74 Å². The lowest BCUT2D eigenvalue weighted by Crippen LogP contribution is -1.98. The molecule has 0 aliphatic carbocycles. The Morgan fingerprint density at radius 1 is 1.20 bits per heavy atom. The minimum atomic E-state index is 0.0584. The highest BCUT2D eigenvalue weighted by molar-refractivity contribution is 9.11. The van der Waals surface area contributed by atoms with E-state index in [0.717, 1.165) is 33.8 Å². The van der Waals surface area contributed by atoms with Crippen LogP contribution in [-0.4, -0.2) is 6.61 Å². The number of ether oxygens (including phenoxy) is 1. The van der Waals surface area contributed by atoms with E-state index in [-0.39, 0.29) is 4.83 Å². The topological polar surface area (TPSA) is 9.23 Å². The first-order valence-corrected chi connectivity index (χ1v) is 8.50. The van der Waals surface area contributed by atoms with Crippen molar-refractivity contribution in [3.05, 3.63) is 62.1 Å². The van der Waals surface area contributed by atoms with Crippen LogP contribution in [0.1, 0.15) is 27.1 Å². The third kappa shape index (κ3) is 2.63. The van der Waals surface area contributed by atoms with Gasteiger partial charge in [-0.1, -0.05) is 55.6 Å². The van der Waals surface area contributed by atoms with E-state index in [9.17, 15) is 0 Å². The molecule has 4 heteroatoms. The summed E-state index contributed by atoms with van der Waals surface area (Å²) in [5.74, 6) is 0.976. The van der Waals surface area contributed by atoms with E-state index in [2.05, 4.69) is 57.0 Å². The third-order valence-electron chi connectivity index (χ3n) is 3.48. The summed E-state index contributed by atoms with van der Waals surface area (Å²) >= 11 is 13.7. The molecule has 0 fully saturated rings. The molecule has 0 radical (unpaired) electrons. The quantitative estimate of drug-likeness (QED) is 0.560. The van der Waals surface area contributed by atoms with Crippen LogP contribution in [0.25, 0.3) is 0 Å². The molecule has 3 rings (SSSR count). The number of alkyl halides is 1. The second kappa shape index (κ2) is 5.70. The Balaban J connectivity index is 2.09. The summed E-state index contributed by atoms with van der Waals surface area (Å²) in [6.07, 6.45) is 0.928. The Kier molecular flexibility index (Phi) is 4.11. The van der Waals surface area contributed by atoms with Gasteiger partial charge in [0.1, 0.15) is 5.75 Å². The van der Waals surface area contributed by atoms with Gasteiger partial charge >= 0.3 is 0 Å². The number of halogens is 3. The zero-order valence-electron chi connectivity index (χ0n) is 10.9. The van der Waals surface area contributed by atoms with Gasteiger partial charge in [-0.2, -0.15) is 0 Å². The number of benzene rings is 2. The van der Waals surface area contributed by atoms with Crippen LogP contribution >= 0.6 is 43.5 Å². The predicted molar refractivity (Wildman–Crippen MR) is 90.3 cm³/mol. The summed E-state index contributed by atoms with van der Waals surface area (Å²) in [4.78, 5) is 0.0584. The first-order chi connectivity index (χ1) is 9.56. The van der Waals surface area contributed by atoms with Crippen molar-refractivity contribution in [1.29, 1.82) is 0 Å².